The molecule has 0 radical (unpaired) electrons. The van der Waals surface area contributed by atoms with Crippen LogP contribution in [0.3, 0.4) is 0 Å². The number of nitrogens with zero attached hydrogens (tertiary/aromatic N) is 1. The lowest BCUT2D eigenvalue weighted by molar-refractivity contribution is -0.114. The highest BCUT2D eigenvalue weighted by Gasteiger charge is 2.11. The van der Waals surface area contributed by atoms with Crippen molar-refractivity contribution in [2.45, 2.75) is 0 Å². The second kappa shape index (κ2) is 8.43. The van der Waals surface area contributed by atoms with Gasteiger partial charge in [-0.25, -0.2) is 0 Å². The maximum atomic E-state index is 12.1. The number of morpholine rings is 1. The van der Waals surface area contributed by atoms with E-state index in [9.17, 15) is 4.79 Å². The summed E-state index contributed by atoms with van der Waals surface area (Å²) in [5.74, 6) is -0.143. The molecule has 1 aliphatic heterocycles. The molecule has 7 heteroatoms. The van der Waals surface area contributed by atoms with E-state index < -0.39 is 0 Å². The van der Waals surface area contributed by atoms with E-state index in [0.717, 1.165) is 37.7 Å². The Morgan fingerprint density at radius 1 is 1.00 bits per heavy atom. The Morgan fingerprint density at radius 2 is 1.64 bits per heavy atom. The monoisotopic (exact) mass is 379 g/mol. The van der Waals surface area contributed by atoms with Crippen molar-refractivity contribution in [1.82, 2.24) is 0 Å². The fourth-order valence-electron chi connectivity index (χ4n) is 2.62. The van der Waals surface area contributed by atoms with Gasteiger partial charge >= 0.3 is 0 Å². The Kier molecular flexibility index (Phi) is 6.02. The Morgan fingerprint density at radius 3 is 2.28 bits per heavy atom. The zero-order valence-electron chi connectivity index (χ0n) is 13.6. The van der Waals surface area contributed by atoms with E-state index in [-0.39, 0.29) is 12.5 Å². The molecule has 0 spiro atoms. The SMILES string of the molecule is O=C(CNc1cc(Cl)cc(Cl)c1)Nc1ccc(N2CCOCC2)cc1. The molecule has 5 nitrogen and oxygen atoms in total. The number of hydrogen-bond donors (Lipinski definition) is 2. The minimum absolute atomic E-state index is 0.127. The van der Waals surface area contributed by atoms with Gasteiger partial charge < -0.3 is 20.3 Å². The van der Waals surface area contributed by atoms with E-state index in [1.165, 1.54) is 0 Å². The third-order valence-electron chi connectivity index (χ3n) is 3.84. The molecule has 1 heterocycles. The molecule has 0 bridgehead atoms. The number of amides is 1. The zero-order chi connectivity index (χ0) is 17.6. The molecule has 0 atom stereocenters. The molecule has 1 fully saturated rings. The average molecular weight is 380 g/mol. The molecule has 0 saturated carbocycles. The van der Waals surface area contributed by atoms with Crippen LogP contribution in [0.25, 0.3) is 0 Å². The summed E-state index contributed by atoms with van der Waals surface area (Å²) in [5, 5.41) is 6.91. The summed E-state index contributed by atoms with van der Waals surface area (Å²) < 4.78 is 5.35. The van der Waals surface area contributed by atoms with Gasteiger partial charge in [-0.3, -0.25) is 4.79 Å². The number of halogens is 2. The summed E-state index contributed by atoms with van der Waals surface area (Å²) in [7, 11) is 0. The van der Waals surface area contributed by atoms with Gasteiger partial charge in [-0.05, 0) is 42.5 Å². The lowest BCUT2D eigenvalue weighted by Crippen LogP contribution is -2.36. The molecule has 0 aliphatic carbocycles. The highest BCUT2D eigenvalue weighted by atomic mass is 35.5. The molecule has 2 aromatic rings. The number of ether oxygens (including phenoxy) is 1. The number of anilines is 3. The summed E-state index contributed by atoms with van der Waals surface area (Å²) >= 11 is 11.9. The van der Waals surface area contributed by atoms with Crippen LogP contribution in [0.1, 0.15) is 0 Å². The van der Waals surface area contributed by atoms with Crippen LogP contribution >= 0.6 is 23.2 Å². The zero-order valence-corrected chi connectivity index (χ0v) is 15.1. The van der Waals surface area contributed by atoms with Gasteiger partial charge in [-0.2, -0.15) is 0 Å². The van der Waals surface area contributed by atoms with Gasteiger partial charge in [0, 0.05) is 40.2 Å². The van der Waals surface area contributed by atoms with Crippen LogP contribution in [0.2, 0.25) is 10.0 Å². The third kappa shape index (κ3) is 5.26. The molecular formula is C18H19Cl2N3O2. The van der Waals surface area contributed by atoms with Crippen LogP contribution < -0.4 is 15.5 Å². The Hall–Kier alpha value is -1.95. The number of benzene rings is 2. The molecule has 2 aromatic carbocycles. The first-order chi connectivity index (χ1) is 12.1. The molecule has 0 unspecified atom stereocenters. The van der Waals surface area contributed by atoms with E-state index in [4.69, 9.17) is 27.9 Å². The van der Waals surface area contributed by atoms with Gasteiger partial charge in [0.15, 0.2) is 0 Å². The van der Waals surface area contributed by atoms with Crippen LogP contribution in [0.5, 0.6) is 0 Å². The van der Waals surface area contributed by atoms with E-state index in [0.29, 0.717) is 15.7 Å². The highest BCUT2D eigenvalue weighted by Crippen LogP contribution is 2.22. The maximum Gasteiger partial charge on any atom is 0.243 e. The van der Waals surface area contributed by atoms with Gasteiger partial charge in [0.25, 0.3) is 0 Å². The van der Waals surface area contributed by atoms with Gasteiger partial charge in [-0.15, -0.1) is 0 Å². The molecule has 0 aromatic heterocycles. The summed E-state index contributed by atoms with van der Waals surface area (Å²) in [6.07, 6.45) is 0. The fourth-order valence-corrected chi connectivity index (χ4v) is 3.15. The first kappa shape index (κ1) is 17.9. The summed E-state index contributed by atoms with van der Waals surface area (Å²) in [5.41, 5.74) is 2.59. The Balaban J connectivity index is 1.52. The topological polar surface area (TPSA) is 53.6 Å². The van der Waals surface area contributed by atoms with Crippen LogP contribution in [0, 0.1) is 0 Å². The third-order valence-corrected chi connectivity index (χ3v) is 4.28. The van der Waals surface area contributed by atoms with Crippen molar-refractivity contribution in [2.75, 3.05) is 48.4 Å². The van der Waals surface area contributed by atoms with Crippen LogP contribution in [0.4, 0.5) is 17.1 Å². The summed E-state index contributed by atoms with van der Waals surface area (Å²) in [6.45, 7) is 3.40. The first-order valence-corrected chi connectivity index (χ1v) is 8.78. The minimum Gasteiger partial charge on any atom is -0.378 e. The van der Waals surface area contributed by atoms with Crippen LogP contribution in [-0.2, 0) is 9.53 Å². The number of nitrogens with one attached hydrogen (secondary N) is 2. The molecule has 3 rings (SSSR count). The quantitative estimate of drug-likeness (QED) is 0.827. The number of carbonyl (C=O) groups is 1. The Labute approximate surface area is 156 Å². The lowest BCUT2D eigenvalue weighted by Gasteiger charge is -2.28. The first-order valence-electron chi connectivity index (χ1n) is 8.03. The summed E-state index contributed by atoms with van der Waals surface area (Å²) in [6, 6.07) is 12.9. The number of hydrogen-bond acceptors (Lipinski definition) is 4. The smallest absolute Gasteiger partial charge is 0.243 e. The number of rotatable bonds is 5. The normalized spacial score (nSPS) is 14.2. The van der Waals surface area contributed by atoms with E-state index >= 15 is 0 Å². The van der Waals surface area contributed by atoms with Crippen molar-refractivity contribution in [1.29, 1.82) is 0 Å². The largest absolute Gasteiger partial charge is 0.378 e. The van der Waals surface area contributed by atoms with E-state index in [1.54, 1.807) is 18.2 Å². The predicted octanol–water partition coefficient (Wildman–Crippen LogP) is 3.88. The summed E-state index contributed by atoms with van der Waals surface area (Å²) in [4.78, 5) is 14.3. The molecule has 2 N–H and O–H groups in total. The van der Waals surface area contributed by atoms with Crippen molar-refractivity contribution >= 4 is 46.2 Å². The van der Waals surface area contributed by atoms with E-state index in [2.05, 4.69) is 15.5 Å². The molecular weight excluding hydrogens is 361 g/mol. The van der Waals surface area contributed by atoms with Gasteiger partial charge in [0.2, 0.25) is 5.91 Å². The molecule has 25 heavy (non-hydrogen) atoms. The molecule has 1 saturated heterocycles. The standard InChI is InChI=1S/C18H19Cl2N3O2/c19-13-9-14(20)11-16(10-13)21-12-18(24)22-15-1-3-17(4-2-15)23-5-7-25-8-6-23/h1-4,9-11,21H,5-8,12H2,(H,22,24). The molecule has 1 amide bonds. The predicted molar refractivity (Wildman–Crippen MR) is 103 cm³/mol. The second-order valence-electron chi connectivity index (χ2n) is 5.71. The van der Waals surface area contributed by atoms with Crippen molar-refractivity contribution in [2.24, 2.45) is 0 Å². The van der Waals surface area contributed by atoms with Gasteiger partial charge in [0.1, 0.15) is 0 Å². The minimum atomic E-state index is -0.143. The average Bonchev–Trinajstić information content (AvgIpc) is 2.61. The molecule has 1 aliphatic rings. The molecule has 132 valence electrons. The fraction of sp³-hybridized carbons (Fsp3) is 0.278. The van der Waals surface area contributed by atoms with Gasteiger partial charge in [-0.1, -0.05) is 23.2 Å². The highest BCUT2D eigenvalue weighted by molar-refractivity contribution is 6.35. The van der Waals surface area contributed by atoms with E-state index in [1.807, 2.05) is 24.3 Å². The Bertz CT molecular complexity index is 711. The van der Waals surface area contributed by atoms with Crippen molar-refractivity contribution in [3.05, 3.63) is 52.5 Å². The van der Waals surface area contributed by atoms with Crippen molar-refractivity contribution in [3.8, 4) is 0 Å². The maximum absolute atomic E-state index is 12.1. The lowest BCUT2D eigenvalue weighted by atomic mass is 10.2. The second-order valence-corrected chi connectivity index (χ2v) is 6.58. The van der Waals surface area contributed by atoms with Crippen LogP contribution in [-0.4, -0.2) is 38.8 Å². The van der Waals surface area contributed by atoms with Crippen molar-refractivity contribution in [3.63, 3.8) is 0 Å². The van der Waals surface area contributed by atoms with Crippen molar-refractivity contribution < 1.29 is 9.53 Å². The van der Waals surface area contributed by atoms with Crippen LogP contribution in [0.15, 0.2) is 42.5 Å². The van der Waals surface area contributed by atoms with Gasteiger partial charge in [0.05, 0.1) is 19.8 Å². The number of carbonyl (C=O) groups excluding carboxylic acids is 1.